The zero-order valence-electron chi connectivity index (χ0n) is 14.9. The van der Waals surface area contributed by atoms with Crippen LogP contribution in [0.5, 0.6) is 0 Å². The Bertz CT molecular complexity index is 862. The fraction of sp³-hybridized carbons (Fsp3) is 0.143. The molecule has 138 valence electrons. The van der Waals surface area contributed by atoms with Gasteiger partial charge in [-0.05, 0) is 46.7 Å². The van der Waals surface area contributed by atoms with Crippen molar-refractivity contribution in [1.29, 1.82) is 0 Å². The van der Waals surface area contributed by atoms with Crippen LogP contribution >= 0.6 is 22.7 Å². The first kappa shape index (κ1) is 19.1. The summed E-state index contributed by atoms with van der Waals surface area (Å²) < 4.78 is 0. The smallest absolute Gasteiger partial charge is 0.251 e. The van der Waals surface area contributed by atoms with Crippen molar-refractivity contribution in [3.63, 3.8) is 0 Å². The lowest BCUT2D eigenvalue weighted by molar-refractivity contribution is -0.127. The molecule has 3 aromatic rings. The number of hydrogen-bond acceptors (Lipinski definition) is 4. The molecule has 0 aliphatic rings. The SMILES string of the molecule is CNC(=O)c1ccc(/C=C/C(=O)N(Cc2cccs2)Cc2cccs2)cc1. The fourth-order valence-corrected chi connectivity index (χ4v) is 3.99. The molecule has 0 aliphatic heterocycles. The number of nitrogens with one attached hydrogen (secondary N) is 1. The van der Waals surface area contributed by atoms with Gasteiger partial charge < -0.3 is 10.2 Å². The summed E-state index contributed by atoms with van der Waals surface area (Å²) in [5.74, 6) is -0.160. The van der Waals surface area contributed by atoms with E-state index >= 15 is 0 Å². The molecule has 0 fully saturated rings. The minimum absolute atomic E-state index is 0.0350. The highest BCUT2D eigenvalue weighted by molar-refractivity contribution is 7.10. The lowest BCUT2D eigenvalue weighted by Crippen LogP contribution is -2.27. The summed E-state index contributed by atoms with van der Waals surface area (Å²) in [7, 11) is 1.60. The summed E-state index contributed by atoms with van der Waals surface area (Å²) in [4.78, 5) is 28.5. The normalized spacial score (nSPS) is 10.9. The predicted molar refractivity (Wildman–Crippen MR) is 112 cm³/mol. The van der Waals surface area contributed by atoms with E-state index < -0.39 is 0 Å². The van der Waals surface area contributed by atoms with Crippen LogP contribution in [0.4, 0.5) is 0 Å². The lowest BCUT2D eigenvalue weighted by atomic mass is 10.1. The van der Waals surface area contributed by atoms with Gasteiger partial charge in [0.05, 0.1) is 13.1 Å². The molecule has 4 nitrogen and oxygen atoms in total. The summed E-state index contributed by atoms with van der Waals surface area (Å²) in [6.45, 7) is 1.18. The Balaban J connectivity index is 1.71. The molecule has 0 saturated heterocycles. The van der Waals surface area contributed by atoms with E-state index in [4.69, 9.17) is 0 Å². The van der Waals surface area contributed by atoms with Gasteiger partial charge in [-0.3, -0.25) is 9.59 Å². The second-order valence-corrected chi connectivity index (χ2v) is 7.95. The topological polar surface area (TPSA) is 49.4 Å². The van der Waals surface area contributed by atoms with Crippen molar-refractivity contribution in [3.05, 3.63) is 86.2 Å². The summed E-state index contributed by atoms with van der Waals surface area (Å²) in [6.07, 6.45) is 3.38. The lowest BCUT2D eigenvalue weighted by Gasteiger charge is -2.20. The minimum atomic E-state index is -0.125. The molecule has 2 amide bonds. The molecule has 1 aromatic carbocycles. The van der Waals surface area contributed by atoms with E-state index in [1.807, 2.05) is 52.1 Å². The molecule has 2 heterocycles. The maximum Gasteiger partial charge on any atom is 0.251 e. The van der Waals surface area contributed by atoms with E-state index in [1.165, 1.54) is 0 Å². The van der Waals surface area contributed by atoms with Crippen LogP contribution in [0.3, 0.4) is 0 Å². The maximum atomic E-state index is 12.8. The molecule has 3 rings (SSSR count). The van der Waals surface area contributed by atoms with Gasteiger partial charge in [-0.1, -0.05) is 24.3 Å². The molecule has 0 unspecified atom stereocenters. The van der Waals surface area contributed by atoms with Crippen molar-refractivity contribution >= 4 is 40.6 Å². The van der Waals surface area contributed by atoms with Crippen molar-refractivity contribution in [2.75, 3.05) is 7.05 Å². The van der Waals surface area contributed by atoms with Crippen LogP contribution in [-0.4, -0.2) is 23.8 Å². The average molecular weight is 397 g/mol. The van der Waals surface area contributed by atoms with Gasteiger partial charge in [0.1, 0.15) is 0 Å². The van der Waals surface area contributed by atoms with E-state index in [0.29, 0.717) is 18.7 Å². The van der Waals surface area contributed by atoms with Gasteiger partial charge in [-0.2, -0.15) is 0 Å². The number of benzene rings is 1. The van der Waals surface area contributed by atoms with Gasteiger partial charge >= 0.3 is 0 Å². The van der Waals surface area contributed by atoms with E-state index in [0.717, 1.165) is 15.3 Å². The molecule has 2 aromatic heterocycles. The Kier molecular flexibility index (Phi) is 6.57. The third-order valence-electron chi connectivity index (χ3n) is 3.98. The first-order valence-corrected chi connectivity index (χ1v) is 10.3. The first-order valence-electron chi connectivity index (χ1n) is 8.49. The molecule has 0 saturated carbocycles. The van der Waals surface area contributed by atoms with Crippen molar-refractivity contribution in [3.8, 4) is 0 Å². The summed E-state index contributed by atoms with van der Waals surface area (Å²) >= 11 is 3.30. The standard InChI is InChI=1S/C21H20N2O2S2/c1-22-21(25)17-9-6-16(7-10-17)8-11-20(24)23(14-18-4-2-12-26-18)15-19-5-3-13-27-19/h2-13H,14-15H2,1H3,(H,22,25)/b11-8+. The van der Waals surface area contributed by atoms with E-state index in [-0.39, 0.29) is 11.8 Å². The molecular formula is C21H20N2O2S2. The number of carbonyl (C=O) groups is 2. The van der Waals surface area contributed by atoms with E-state index in [9.17, 15) is 9.59 Å². The fourth-order valence-electron chi connectivity index (χ4n) is 2.56. The highest BCUT2D eigenvalue weighted by atomic mass is 32.1. The predicted octanol–water partition coefficient (Wildman–Crippen LogP) is 4.41. The van der Waals surface area contributed by atoms with Crippen LogP contribution < -0.4 is 5.32 Å². The van der Waals surface area contributed by atoms with E-state index in [1.54, 1.807) is 54.0 Å². The Morgan fingerprint density at radius 1 is 0.963 bits per heavy atom. The maximum absolute atomic E-state index is 12.8. The van der Waals surface area contributed by atoms with Gasteiger partial charge in [-0.15, -0.1) is 22.7 Å². The van der Waals surface area contributed by atoms with Gasteiger partial charge in [-0.25, -0.2) is 0 Å². The third kappa shape index (κ3) is 5.39. The van der Waals surface area contributed by atoms with Crippen molar-refractivity contribution < 1.29 is 9.59 Å². The number of hydrogen-bond donors (Lipinski definition) is 1. The molecule has 0 atom stereocenters. The van der Waals surface area contributed by atoms with Crippen LogP contribution in [0, 0.1) is 0 Å². The average Bonchev–Trinajstić information content (AvgIpc) is 3.39. The molecule has 0 bridgehead atoms. The zero-order chi connectivity index (χ0) is 19.1. The molecule has 6 heteroatoms. The second kappa shape index (κ2) is 9.30. The Morgan fingerprint density at radius 3 is 2.04 bits per heavy atom. The molecule has 27 heavy (non-hydrogen) atoms. The second-order valence-electron chi connectivity index (χ2n) is 5.89. The summed E-state index contributed by atoms with van der Waals surface area (Å²) in [5.41, 5.74) is 1.47. The van der Waals surface area contributed by atoms with Crippen molar-refractivity contribution in [2.45, 2.75) is 13.1 Å². The molecule has 1 N–H and O–H groups in total. The monoisotopic (exact) mass is 396 g/mol. The summed E-state index contributed by atoms with van der Waals surface area (Å²) in [6, 6.07) is 15.2. The van der Waals surface area contributed by atoms with Gasteiger partial charge in [0.15, 0.2) is 0 Å². The zero-order valence-corrected chi connectivity index (χ0v) is 16.6. The van der Waals surface area contributed by atoms with Crippen LogP contribution in [0.2, 0.25) is 0 Å². The molecule has 0 radical (unpaired) electrons. The number of amides is 2. The van der Waals surface area contributed by atoms with Gasteiger partial charge in [0, 0.05) is 28.4 Å². The number of thiophene rings is 2. The van der Waals surface area contributed by atoms with Gasteiger partial charge in [0.25, 0.3) is 5.91 Å². The van der Waals surface area contributed by atoms with Crippen LogP contribution in [-0.2, 0) is 17.9 Å². The van der Waals surface area contributed by atoms with Crippen LogP contribution in [0.15, 0.2) is 65.4 Å². The minimum Gasteiger partial charge on any atom is -0.355 e. The Morgan fingerprint density at radius 2 is 1.56 bits per heavy atom. The van der Waals surface area contributed by atoms with E-state index in [2.05, 4.69) is 5.32 Å². The Labute approximate surface area is 166 Å². The van der Waals surface area contributed by atoms with Crippen molar-refractivity contribution in [1.82, 2.24) is 10.2 Å². The highest BCUT2D eigenvalue weighted by Gasteiger charge is 2.13. The molecule has 0 aliphatic carbocycles. The largest absolute Gasteiger partial charge is 0.355 e. The van der Waals surface area contributed by atoms with Gasteiger partial charge in [0.2, 0.25) is 5.91 Å². The Hall–Kier alpha value is -2.70. The van der Waals surface area contributed by atoms with Crippen molar-refractivity contribution in [2.24, 2.45) is 0 Å². The highest BCUT2D eigenvalue weighted by Crippen LogP contribution is 2.18. The first-order chi connectivity index (χ1) is 13.2. The van der Waals surface area contributed by atoms with Crippen LogP contribution in [0.1, 0.15) is 25.7 Å². The number of rotatable bonds is 7. The molecule has 0 spiro atoms. The summed E-state index contributed by atoms with van der Waals surface area (Å²) in [5, 5.41) is 6.63. The number of carbonyl (C=O) groups excluding carboxylic acids is 2. The quantitative estimate of drug-likeness (QED) is 0.602. The third-order valence-corrected chi connectivity index (χ3v) is 5.71. The van der Waals surface area contributed by atoms with Crippen LogP contribution in [0.25, 0.3) is 6.08 Å². The number of nitrogens with zero attached hydrogens (tertiary/aromatic N) is 1. The molecular weight excluding hydrogens is 376 g/mol.